The molecule has 1 N–H and O–H groups in total. The van der Waals surface area contributed by atoms with Gasteiger partial charge in [0.15, 0.2) is 0 Å². The van der Waals surface area contributed by atoms with Crippen LogP contribution in [0.2, 0.25) is 0 Å². The fraction of sp³-hybridized carbons (Fsp3) is 0.500. The second kappa shape index (κ2) is 6.61. The van der Waals surface area contributed by atoms with Crippen molar-refractivity contribution in [3.63, 3.8) is 0 Å². The Morgan fingerprint density at radius 3 is 2.81 bits per heavy atom. The van der Waals surface area contributed by atoms with Gasteiger partial charge >= 0.3 is 5.97 Å². The molecule has 1 saturated heterocycles. The maximum absolute atomic E-state index is 12.4. The molecule has 5 heteroatoms. The minimum Gasteiger partial charge on any atom is -0.496 e. The third-order valence-corrected chi connectivity index (χ3v) is 4.01. The number of ether oxygens (including phenoxy) is 1. The molecule has 1 heterocycles. The van der Waals surface area contributed by atoms with E-state index < -0.39 is 12.0 Å². The van der Waals surface area contributed by atoms with Gasteiger partial charge in [0.25, 0.3) is 0 Å². The molecule has 1 aliphatic rings. The van der Waals surface area contributed by atoms with E-state index in [0.29, 0.717) is 19.4 Å². The van der Waals surface area contributed by atoms with Crippen LogP contribution in [-0.4, -0.2) is 41.6 Å². The van der Waals surface area contributed by atoms with Gasteiger partial charge in [-0.05, 0) is 30.4 Å². The van der Waals surface area contributed by atoms with Crippen molar-refractivity contribution in [1.29, 1.82) is 0 Å². The zero-order chi connectivity index (χ0) is 15.4. The Morgan fingerprint density at radius 2 is 2.14 bits per heavy atom. The SMILES string of the molecule is COc1ccccc1[C@H](C)CC(=O)N1CCC[C@@H]1C(=O)O. The van der Waals surface area contributed by atoms with Crippen LogP contribution in [0.3, 0.4) is 0 Å². The molecule has 5 nitrogen and oxygen atoms in total. The summed E-state index contributed by atoms with van der Waals surface area (Å²) in [6, 6.07) is 6.94. The average molecular weight is 291 g/mol. The van der Waals surface area contributed by atoms with Crippen LogP contribution >= 0.6 is 0 Å². The van der Waals surface area contributed by atoms with Crippen LogP contribution in [-0.2, 0) is 9.59 Å². The summed E-state index contributed by atoms with van der Waals surface area (Å²) in [5.74, 6) is -0.262. The van der Waals surface area contributed by atoms with E-state index in [-0.39, 0.29) is 11.8 Å². The van der Waals surface area contributed by atoms with Crippen molar-refractivity contribution in [2.75, 3.05) is 13.7 Å². The highest BCUT2D eigenvalue weighted by Gasteiger charge is 2.34. The number of para-hydroxylation sites is 1. The highest BCUT2D eigenvalue weighted by Crippen LogP contribution is 2.30. The van der Waals surface area contributed by atoms with Crippen LogP contribution in [0.25, 0.3) is 0 Å². The molecule has 0 unspecified atom stereocenters. The summed E-state index contributed by atoms with van der Waals surface area (Å²) in [7, 11) is 1.61. The Kier molecular flexibility index (Phi) is 4.83. The largest absolute Gasteiger partial charge is 0.496 e. The van der Waals surface area contributed by atoms with E-state index in [9.17, 15) is 9.59 Å². The van der Waals surface area contributed by atoms with Crippen molar-refractivity contribution in [3.8, 4) is 5.75 Å². The van der Waals surface area contributed by atoms with Crippen molar-refractivity contribution in [1.82, 2.24) is 4.90 Å². The lowest BCUT2D eigenvalue weighted by Gasteiger charge is -2.23. The molecule has 0 radical (unpaired) electrons. The van der Waals surface area contributed by atoms with E-state index in [1.807, 2.05) is 31.2 Å². The standard InChI is InChI=1S/C16H21NO4/c1-11(12-6-3-4-8-14(12)21-2)10-15(18)17-9-5-7-13(17)16(19)20/h3-4,6,8,11,13H,5,7,9-10H2,1-2H3,(H,19,20)/t11-,13-/m1/s1. The first-order valence-electron chi connectivity index (χ1n) is 7.19. The minimum absolute atomic E-state index is 0.0105. The van der Waals surface area contributed by atoms with Crippen molar-refractivity contribution in [2.45, 2.75) is 38.1 Å². The minimum atomic E-state index is -0.911. The number of methoxy groups -OCH3 is 1. The molecule has 1 aliphatic heterocycles. The van der Waals surface area contributed by atoms with E-state index in [4.69, 9.17) is 9.84 Å². The Bertz CT molecular complexity index is 529. The molecule has 2 atom stereocenters. The smallest absolute Gasteiger partial charge is 0.326 e. The summed E-state index contributed by atoms with van der Waals surface area (Å²) < 4.78 is 5.31. The summed E-state index contributed by atoms with van der Waals surface area (Å²) in [6.07, 6.45) is 1.60. The normalized spacial score (nSPS) is 19.3. The summed E-state index contributed by atoms with van der Waals surface area (Å²) in [4.78, 5) is 25.0. The number of carbonyl (C=O) groups excluding carboxylic acids is 1. The van der Waals surface area contributed by atoms with Crippen molar-refractivity contribution < 1.29 is 19.4 Å². The number of carbonyl (C=O) groups is 2. The quantitative estimate of drug-likeness (QED) is 0.903. The second-order valence-electron chi connectivity index (χ2n) is 5.43. The monoisotopic (exact) mass is 291 g/mol. The third kappa shape index (κ3) is 3.35. The number of carboxylic acid groups (broad SMARTS) is 1. The van der Waals surface area contributed by atoms with E-state index in [1.54, 1.807) is 7.11 Å². The molecule has 21 heavy (non-hydrogen) atoms. The molecule has 1 aromatic rings. The molecule has 0 aromatic heterocycles. The molecule has 2 rings (SSSR count). The highest BCUT2D eigenvalue weighted by molar-refractivity contribution is 5.84. The highest BCUT2D eigenvalue weighted by atomic mass is 16.5. The molecule has 0 saturated carbocycles. The molecule has 1 aromatic carbocycles. The zero-order valence-corrected chi connectivity index (χ0v) is 12.4. The predicted octanol–water partition coefficient (Wildman–Crippen LogP) is 2.26. The Labute approximate surface area is 124 Å². The van der Waals surface area contributed by atoms with Gasteiger partial charge in [0.2, 0.25) is 5.91 Å². The lowest BCUT2D eigenvalue weighted by molar-refractivity contribution is -0.148. The Morgan fingerprint density at radius 1 is 1.43 bits per heavy atom. The zero-order valence-electron chi connectivity index (χ0n) is 12.4. The van der Waals surface area contributed by atoms with E-state index in [2.05, 4.69) is 0 Å². The topological polar surface area (TPSA) is 66.8 Å². The van der Waals surface area contributed by atoms with Gasteiger partial charge < -0.3 is 14.7 Å². The van der Waals surface area contributed by atoms with Crippen LogP contribution in [0.5, 0.6) is 5.75 Å². The van der Waals surface area contributed by atoms with Gasteiger partial charge in [-0.2, -0.15) is 0 Å². The van der Waals surface area contributed by atoms with Crippen LogP contribution < -0.4 is 4.74 Å². The number of rotatable bonds is 5. The lowest BCUT2D eigenvalue weighted by atomic mass is 9.96. The maximum atomic E-state index is 12.4. The number of hydrogen-bond acceptors (Lipinski definition) is 3. The second-order valence-corrected chi connectivity index (χ2v) is 5.43. The van der Waals surface area contributed by atoms with Crippen LogP contribution in [0, 0.1) is 0 Å². The van der Waals surface area contributed by atoms with Crippen LogP contribution in [0.4, 0.5) is 0 Å². The summed E-state index contributed by atoms with van der Waals surface area (Å²) in [6.45, 7) is 2.50. The van der Waals surface area contributed by atoms with Crippen molar-refractivity contribution in [3.05, 3.63) is 29.8 Å². The molecule has 0 spiro atoms. The Balaban J connectivity index is 2.07. The molecule has 1 amide bonds. The van der Waals surface area contributed by atoms with Gasteiger partial charge in [0, 0.05) is 13.0 Å². The first kappa shape index (κ1) is 15.4. The van der Waals surface area contributed by atoms with E-state index in [0.717, 1.165) is 17.7 Å². The number of carboxylic acids is 1. The first-order chi connectivity index (χ1) is 10.0. The lowest BCUT2D eigenvalue weighted by Crippen LogP contribution is -2.40. The number of amides is 1. The summed E-state index contributed by atoms with van der Waals surface area (Å²) in [5, 5.41) is 9.15. The van der Waals surface area contributed by atoms with E-state index >= 15 is 0 Å². The molecular weight excluding hydrogens is 270 g/mol. The summed E-state index contributed by atoms with van der Waals surface area (Å²) >= 11 is 0. The number of benzene rings is 1. The third-order valence-electron chi connectivity index (χ3n) is 4.01. The molecular formula is C16H21NO4. The van der Waals surface area contributed by atoms with Crippen LogP contribution in [0.15, 0.2) is 24.3 Å². The molecule has 0 aliphatic carbocycles. The van der Waals surface area contributed by atoms with Gasteiger partial charge in [-0.3, -0.25) is 4.79 Å². The van der Waals surface area contributed by atoms with Gasteiger partial charge in [-0.1, -0.05) is 25.1 Å². The van der Waals surface area contributed by atoms with E-state index in [1.165, 1.54) is 4.90 Å². The number of likely N-dealkylation sites (tertiary alicyclic amines) is 1. The fourth-order valence-corrected chi connectivity index (χ4v) is 2.88. The number of hydrogen-bond donors (Lipinski definition) is 1. The molecule has 114 valence electrons. The first-order valence-corrected chi connectivity index (χ1v) is 7.19. The van der Waals surface area contributed by atoms with Crippen molar-refractivity contribution in [2.24, 2.45) is 0 Å². The average Bonchev–Trinajstić information content (AvgIpc) is 2.96. The molecule has 0 bridgehead atoms. The molecule has 1 fully saturated rings. The number of nitrogens with zero attached hydrogens (tertiary/aromatic N) is 1. The van der Waals surface area contributed by atoms with Crippen LogP contribution in [0.1, 0.15) is 37.7 Å². The van der Waals surface area contributed by atoms with Crippen molar-refractivity contribution >= 4 is 11.9 Å². The Hall–Kier alpha value is -2.04. The fourth-order valence-electron chi connectivity index (χ4n) is 2.88. The predicted molar refractivity (Wildman–Crippen MR) is 78.4 cm³/mol. The van der Waals surface area contributed by atoms with Gasteiger partial charge in [0.05, 0.1) is 7.11 Å². The van der Waals surface area contributed by atoms with Gasteiger partial charge in [-0.25, -0.2) is 4.79 Å². The number of aliphatic carboxylic acids is 1. The maximum Gasteiger partial charge on any atom is 0.326 e. The van der Waals surface area contributed by atoms with Gasteiger partial charge in [-0.15, -0.1) is 0 Å². The van der Waals surface area contributed by atoms with Gasteiger partial charge in [0.1, 0.15) is 11.8 Å². The summed E-state index contributed by atoms with van der Waals surface area (Å²) in [5.41, 5.74) is 0.972.